The molecular formula is C29H22F6N2O2. The Morgan fingerprint density at radius 3 is 1.97 bits per heavy atom. The molecule has 2 aromatic heterocycles. The van der Waals surface area contributed by atoms with Gasteiger partial charge >= 0.3 is 12.4 Å². The fourth-order valence-corrected chi connectivity index (χ4v) is 4.68. The number of aliphatic hydroxyl groups is 1. The highest BCUT2D eigenvalue weighted by Crippen LogP contribution is 2.50. The fraction of sp³-hybridized carbons (Fsp3) is 0.207. The molecule has 5 rings (SSSR count). The Hall–Kier alpha value is -4.05. The Balaban J connectivity index is 1.51. The van der Waals surface area contributed by atoms with E-state index in [1.165, 1.54) is 6.07 Å². The van der Waals surface area contributed by atoms with Crippen LogP contribution in [0, 0.1) is 6.92 Å². The summed E-state index contributed by atoms with van der Waals surface area (Å²) in [5.41, 5.74) is -2.96. The van der Waals surface area contributed by atoms with Gasteiger partial charge in [-0.2, -0.15) is 26.3 Å². The lowest BCUT2D eigenvalue weighted by Gasteiger charge is -2.32. The van der Waals surface area contributed by atoms with Crippen molar-refractivity contribution >= 4 is 10.9 Å². The Labute approximate surface area is 219 Å². The Morgan fingerprint density at radius 2 is 1.38 bits per heavy atom. The first-order chi connectivity index (χ1) is 18.4. The summed E-state index contributed by atoms with van der Waals surface area (Å²) in [5.74, 6) is 1.01. The van der Waals surface area contributed by atoms with Crippen LogP contribution in [0.15, 0.2) is 89.3 Å². The molecule has 0 radical (unpaired) electrons. The Morgan fingerprint density at radius 1 is 0.795 bits per heavy atom. The minimum atomic E-state index is -5.95. The highest BCUT2D eigenvalue weighted by atomic mass is 19.4. The van der Waals surface area contributed by atoms with Crippen molar-refractivity contribution in [2.75, 3.05) is 0 Å². The normalized spacial score (nSPS) is 12.8. The fourth-order valence-electron chi connectivity index (χ4n) is 4.68. The molecule has 0 atom stereocenters. The Bertz CT molecular complexity index is 1590. The molecule has 0 saturated heterocycles. The molecule has 39 heavy (non-hydrogen) atoms. The zero-order chi connectivity index (χ0) is 28.0. The summed E-state index contributed by atoms with van der Waals surface area (Å²) in [7, 11) is 0. The van der Waals surface area contributed by atoms with Gasteiger partial charge in [0, 0.05) is 46.3 Å². The first-order valence-corrected chi connectivity index (χ1v) is 12.0. The first-order valence-electron chi connectivity index (χ1n) is 12.0. The van der Waals surface area contributed by atoms with Crippen LogP contribution in [-0.4, -0.2) is 27.0 Å². The van der Waals surface area contributed by atoms with Gasteiger partial charge in [0.25, 0.3) is 5.60 Å². The van der Waals surface area contributed by atoms with Crippen LogP contribution in [0.2, 0.25) is 0 Å². The molecule has 0 bridgehead atoms. The maximum atomic E-state index is 13.4. The van der Waals surface area contributed by atoms with Crippen LogP contribution in [0.5, 0.6) is 0 Å². The average Bonchev–Trinajstić information content (AvgIpc) is 3.46. The van der Waals surface area contributed by atoms with Gasteiger partial charge in [0.05, 0.1) is 5.69 Å². The number of oxazole rings is 1. The average molecular weight is 544 g/mol. The van der Waals surface area contributed by atoms with E-state index in [4.69, 9.17) is 9.40 Å². The zero-order valence-corrected chi connectivity index (χ0v) is 20.5. The summed E-state index contributed by atoms with van der Waals surface area (Å²) in [6, 6.07) is 22.8. The predicted octanol–water partition coefficient (Wildman–Crippen LogP) is 7.83. The van der Waals surface area contributed by atoms with Crippen LogP contribution >= 0.6 is 0 Å². The highest BCUT2D eigenvalue weighted by molar-refractivity contribution is 5.82. The summed E-state index contributed by atoms with van der Waals surface area (Å²) in [4.78, 5) is 4.70. The van der Waals surface area contributed by atoms with Crippen LogP contribution < -0.4 is 0 Å². The summed E-state index contributed by atoms with van der Waals surface area (Å²) in [6.45, 7) is 2.04. The van der Waals surface area contributed by atoms with Crippen LogP contribution in [0.4, 0.5) is 26.3 Å². The largest absolute Gasteiger partial charge is 0.436 e. The number of benzene rings is 3. The lowest BCUT2D eigenvalue weighted by molar-refractivity contribution is -0.376. The number of nitrogens with zero attached hydrogens (tertiary/aromatic N) is 2. The third kappa shape index (κ3) is 4.69. The molecule has 4 nitrogen and oxygen atoms in total. The third-order valence-corrected chi connectivity index (χ3v) is 6.67. The minimum Gasteiger partial charge on any atom is -0.436 e. The maximum Gasteiger partial charge on any atom is 0.430 e. The van der Waals surface area contributed by atoms with Crippen LogP contribution in [-0.2, 0) is 18.6 Å². The van der Waals surface area contributed by atoms with Gasteiger partial charge in [0.15, 0.2) is 5.76 Å². The van der Waals surface area contributed by atoms with E-state index < -0.39 is 23.5 Å². The molecule has 2 heterocycles. The summed E-state index contributed by atoms with van der Waals surface area (Å²) < 4.78 is 88.3. The molecule has 0 unspecified atom stereocenters. The number of rotatable bonds is 6. The van der Waals surface area contributed by atoms with Crippen molar-refractivity contribution in [3.63, 3.8) is 0 Å². The third-order valence-electron chi connectivity index (χ3n) is 6.67. The lowest BCUT2D eigenvalue weighted by Crippen LogP contribution is -2.53. The van der Waals surface area contributed by atoms with Crippen molar-refractivity contribution in [3.05, 3.63) is 102 Å². The van der Waals surface area contributed by atoms with Crippen molar-refractivity contribution in [2.45, 2.75) is 37.8 Å². The van der Waals surface area contributed by atoms with Crippen molar-refractivity contribution in [3.8, 4) is 22.8 Å². The van der Waals surface area contributed by atoms with Crippen molar-refractivity contribution in [2.24, 2.45) is 0 Å². The van der Waals surface area contributed by atoms with E-state index in [1.54, 1.807) is 11.5 Å². The van der Waals surface area contributed by atoms with E-state index in [9.17, 15) is 31.4 Å². The molecule has 0 amide bonds. The Kier molecular flexibility index (Phi) is 6.54. The molecular weight excluding hydrogens is 522 g/mol. The lowest BCUT2D eigenvalue weighted by atomic mass is 9.91. The van der Waals surface area contributed by atoms with E-state index in [2.05, 4.69) is 0 Å². The molecule has 0 fully saturated rings. The second-order valence-corrected chi connectivity index (χ2v) is 9.19. The molecule has 1 N–H and O–H groups in total. The zero-order valence-electron chi connectivity index (χ0n) is 20.5. The van der Waals surface area contributed by atoms with E-state index in [0.717, 1.165) is 23.3 Å². The molecule has 3 aromatic carbocycles. The quantitative estimate of drug-likeness (QED) is 0.222. The number of fused-ring (bicyclic) bond motifs is 1. The van der Waals surface area contributed by atoms with Gasteiger partial charge in [-0.3, -0.25) is 0 Å². The van der Waals surface area contributed by atoms with Gasteiger partial charge in [-0.25, -0.2) is 4.98 Å². The molecule has 0 aliphatic heterocycles. The van der Waals surface area contributed by atoms with Crippen LogP contribution in [0.3, 0.4) is 0 Å². The monoisotopic (exact) mass is 544 g/mol. The minimum absolute atomic E-state index is 0.144. The van der Waals surface area contributed by atoms with Crippen LogP contribution in [0.1, 0.15) is 17.0 Å². The summed E-state index contributed by atoms with van der Waals surface area (Å²) in [6.07, 6.45) is -11.5. The van der Waals surface area contributed by atoms with Gasteiger partial charge in [-0.1, -0.05) is 54.6 Å². The smallest absolute Gasteiger partial charge is 0.430 e. The van der Waals surface area contributed by atoms with E-state index >= 15 is 0 Å². The molecule has 0 aliphatic rings. The van der Waals surface area contributed by atoms with Gasteiger partial charge in [0.2, 0.25) is 5.89 Å². The second-order valence-electron chi connectivity index (χ2n) is 9.19. The molecule has 0 aliphatic carbocycles. The van der Waals surface area contributed by atoms with Gasteiger partial charge < -0.3 is 14.1 Å². The number of aryl methyl sites for hydroxylation is 3. The topological polar surface area (TPSA) is 51.2 Å². The molecule has 5 aromatic rings. The van der Waals surface area contributed by atoms with Gasteiger partial charge in [-0.15, -0.1) is 0 Å². The number of aromatic nitrogens is 2. The number of hydrogen-bond acceptors (Lipinski definition) is 3. The van der Waals surface area contributed by atoms with Crippen LogP contribution in [0.25, 0.3) is 33.7 Å². The predicted molar refractivity (Wildman–Crippen MR) is 134 cm³/mol. The molecule has 202 valence electrons. The molecule has 0 saturated carbocycles. The number of alkyl halides is 6. The molecule has 10 heteroatoms. The van der Waals surface area contributed by atoms with E-state index in [-0.39, 0.29) is 5.39 Å². The standard InChI is InChI=1S/C29H22F6N2O2/c1-18-16-21-17-22(27(38,28(30,31)32)29(33,34)35)12-13-24(21)37(18)15-14-23-25(19-8-4-2-5-9-19)39-26(36-23)20-10-6-3-7-11-20/h2-13,16-17,38H,14-15H2,1H3. The van der Waals surface area contributed by atoms with Crippen molar-refractivity contribution < 1.29 is 35.9 Å². The SMILES string of the molecule is Cc1cc2cc(C(O)(C(F)(F)F)C(F)(F)F)ccc2n1CCc1nc(-c2ccccc2)oc1-c1ccccc1. The van der Waals surface area contributed by atoms with E-state index in [0.29, 0.717) is 47.6 Å². The summed E-state index contributed by atoms with van der Waals surface area (Å²) in [5, 5.41) is 9.95. The summed E-state index contributed by atoms with van der Waals surface area (Å²) >= 11 is 0. The van der Waals surface area contributed by atoms with Gasteiger partial charge in [-0.05, 0) is 37.3 Å². The van der Waals surface area contributed by atoms with Crippen molar-refractivity contribution in [1.82, 2.24) is 9.55 Å². The number of hydrogen-bond donors (Lipinski definition) is 1. The van der Waals surface area contributed by atoms with E-state index in [1.807, 2.05) is 60.7 Å². The number of halogens is 6. The maximum absolute atomic E-state index is 13.4. The first kappa shape index (κ1) is 26.6. The second kappa shape index (κ2) is 9.60. The van der Waals surface area contributed by atoms with Gasteiger partial charge in [0.1, 0.15) is 0 Å². The highest BCUT2D eigenvalue weighted by Gasteiger charge is 2.71. The molecule has 0 spiro atoms. The van der Waals surface area contributed by atoms with Crippen molar-refractivity contribution in [1.29, 1.82) is 0 Å².